The molecule has 0 unspecified atom stereocenters. The van der Waals surface area contributed by atoms with E-state index in [0.717, 1.165) is 11.1 Å². The van der Waals surface area contributed by atoms with Crippen LogP contribution in [-0.4, -0.2) is 39.5 Å². The second-order valence-electron chi connectivity index (χ2n) is 9.70. The molecule has 36 heavy (non-hydrogen) atoms. The van der Waals surface area contributed by atoms with Gasteiger partial charge in [-0.2, -0.15) is 0 Å². The van der Waals surface area contributed by atoms with Gasteiger partial charge in [0.15, 0.2) is 0 Å². The number of benzene rings is 3. The fourth-order valence-corrected chi connectivity index (χ4v) is 4.16. The van der Waals surface area contributed by atoms with Crippen LogP contribution in [0.15, 0.2) is 72.8 Å². The van der Waals surface area contributed by atoms with Crippen molar-refractivity contribution >= 4 is 28.5 Å². The Hall–Kier alpha value is -4.20. The van der Waals surface area contributed by atoms with Crippen molar-refractivity contribution in [3.8, 4) is 5.75 Å². The quantitative estimate of drug-likeness (QED) is 0.418. The van der Waals surface area contributed by atoms with Gasteiger partial charge in [0, 0.05) is 11.2 Å². The number of carbonyl (C=O) groups excluding carboxylic acids is 2. The van der Waals surface area contributed by atoms with E-state index in [4.69, 9.17) is 4.74 Å². The second kappa shape index (κ2) is 10.2. The summed E-state index contributed by atoms with van der Waals surface area (Å²) in [6.45, 7) is 7.57. The first-order valence-electron chi connectivity index (χ1n) is 11.8. The van der Waals surface area contributed by atoms with Crippen LogP contribution in [0, 0.1) is 6.92 Å². The number of aryl methyl sites for hydroxylation is 1. The van der Waals surface area contributed by atoms with Crippen LogP contribution in [0.5, 0.6) is 5.75 Å². The number of carbonyl (C=O) groups is 2. The number of rotatable bonds is 7. The van der Waals surface area contributed by atoms with Gasteiger partial charge in [0.25, 0.3) is 0 Å². The maximum absolute atomic E-state index is 14.1. The first-order chi connectivity index (χ1) is 17.2. The topological polar surface area (TPSA) is 89.4 Å². The van der Waals surface area contributed by atoms with Crippen molar-refractivity contribution in [3.05, 3.63) is 83.9 Å². The van der Waals surface area contributed by atoms with Crippen molar-refractivity contribution in [2.75, 3.05) is 12.0 Å². The van der Waals surface area contributed by atoms with Gasteiger partial charge in [0.05, 0.1) is 12.6 Å². The molecule has 0 aliphatic heterocycles. The zero-order valence-corrected chi connectivity index (χ0v) is 21.2. The molecule has 3 aromatic carbocycles. The van der Waals surface area contributed by atoms with Gasteiger partial charge >= 0.3 is 0 Å². The number of para-hydroxylation sites is 2. The highest BCUT2D eigenvalue weighted by molar-refractivity contribution is 6.02. The Balaban J connectivity index is 1.85. The molecule has 186 valence electrons. The third-order valence-electron chi connectivity index (χ3n) is 5.76. The summed E-state index contributed by atoms with van der Waals surface area (Å²) in [4.78, 5) is 29.5. The lowest BCUT2D eigenvalue weighted by atomic mass is 9.99. The van der Waals surface area contributed by atoms with E-state index in [0.29, 0.717) is 22.5 Å². The predicted molar refractivity (Wildman–Crippen MR) is 140 cm³/mol. The summed E-state index contributed by atoms with van der Waals surface area (Å²) in [5, 5.41) is 11.4. The molecule has 0 spiro atoms. The van der Waals surface area contributed by atoms with Crippen LogP contribution in [0.2, 0.25) is 0 Å². The molecule has 8 heteroatoms. The van der Waals surface area contributed by atoms with E-state index >= 15 is 0 Å². The molecule has 4 aromatic rings. The summed E-state index contributed by atoms with van der Waals surface area (Å²) in [6.07, 6.45) is 0. The lowest BCUT2D eigenvalue weighted by Crippen LogP contribution is -2.50. The molecule has 0 aliphatic rings. The van der Waals surface area contributed by atoms with Crippen LogP contribution in [0.4, 0.5) is 5.69 Å². The summed E-state index contributed by atoms with van der Waals surface area (Å²) < 4.78 is 6.99. The predicted octanol–water partition coefficient (Wildman–Crippen LogP) is 4.44. The maximum Gasteiger partial charge on any atom is 0.249 e. The number of ether oxygens (including phenoxy) is 1. The summed E-state index contributed by atoms with van der Waals surface area (Å²) >= 11 is 0. The van der Waals surface area contributed by atoms with Crippen molar-refractivity contribution in [2.45, 2.75) is 45.8 Å². The number of aromatic nitrogens is 3. The van der Waals surface area contributed by atoms with Gasteiger partial charge in [-0.3, -0.25) is 14.5 Å². The summed E-state index contributed by atoms with van der Waals surface area (Å²) in [6, 6.07) is 21.3. The molecule has 4 rings (SSSR count). The molecule has 1 aromatic heterocycles. The van der Waals surface area contributed by atoms with Gasteiger partial charge in [-0.05, 0) is 69.2 Å². The fourth-order valence-electron chi connectivity index (χ4n) is 4.16. The minimum atomic E-state index is -0.942. The minimum absolute atomic E-state index is 0.0852. The highest BCUT2D eigenvalue weighted by atomic mass is 16.5. The monoisotopic (exact) mass is 485 g/mol. The van der Waals surface area contributed by atoms with E-state index in [9.17, 15) is 9.59 Å². The average molecular weight is 486 g/mol. The van der Waals surface area contributed by atoms with Crippen LogP contribution >= 0.6 is 0 Å². The Morgan fingerprint density at radius 2 is 1.75 bits per heavy atom. The van der Waals surface area contributed by atoms with Crippen LogP contribution in [0.3, 0.4) is 0 Å². The van der Waals surface area contributed by atoms with E-state index < -0.39 is 11.6 Å². The Morgan fingerprint density at radius 3 is 2.47 bits per heavy atom. The SMILES string of the molecule is COc1cccc([C@H](C(=O)NC(C)(C)C)N(C(=O)Cn2nnc3ccccc32)c2ccccc2C)c1. The first-order valence-corrected chi connectivity index (χ1v) is 11.8. The molecule has 2 amide bonds. The van der Waals surface area contributed by atoms with Gasteiger partial charge in [-0.25, -0.2) is 4.68 Å². The van der Waals surface area contributed by atoms with Gasteiger partial charge < -0.3 is 10.1 Å². The van der Waals surface area contributed by atoms with Crippen molar-refractivity contribution in [3.63, 3.8) is 0 Å². The summed E-state index contributed by atoms with van der Waals surface area (Å²) in [5.74, 6) is 0.00754. The molecule has 1 heterocycles. The zero-order valence-electron chi connectivity index (χ0n) is 21.2. The largest absolute Gasteiger partial charge is 0.497 e. The van der Waals surface area contributed by atoms with E-state index in [-0.39, 0.29) is 18.4 Å². The Bertz CT molecular complexity index is 1390. The number of anilines is 1. The van der Waals surface area contributed by atoms with E-state index in [1.54, 1.807) is 22.8 Å². The number of nitrogens with zero attached hydrogens (tertiary/aromatic N) is 4. The van der Waals surface area contributed by atoms with E-state index in [1.807, 2.05) is 94.4 Å². The lowest BCUT2D eigenvalue weighted by molar-refractivity contribution is -0.128. The number of fused-ring (bicyclic) bond motifs is 1. The number of hydrogen-bond acceptors (Lipinski definition) is 5. The van der Waals surface area contributed by atoms with E-state index in [1.165, 1.54) is 0 Å². The highest BCUT2D eigenvalue weighted by Crippen LogP contribution is 2.33. The van der Waals surface area contributed by atoms with Crippen molar-refractivity contribution < 1.29 is 14.3 Å². The normalized spacial score (nSPS) is 12.2. The minimum Gasteiger partial charge on any atom is -0.497 e. The highest BCUT2D eigenvalue weighted by Gasteiger charge is 2.35. The third-order valence-corrected chi connectivity index (χ3v) is 5.76. The molecule has 0 radical (unpaired) electrons. The third kappa shape index (κ3) is 5.38. The zero-order chi connectivity index (χ0) is 25.9. The number of amides is 2. The molecular weight excluding hydrogens is 454 g/mol. The van der Waals surface area contributed by atoms with Crippen molar-refractivity contribution in [2.24, 2.45) is 0 Å². The second-order valence-corrected chi connectivity index (χ2v) is 9.70. The number of methoxy groups -OCH3 is 1. The van der Waals surface area contributed by atoms with Gasteiger partial charge in [-0.1, -0.05) is 47.7 Å². The fraction of sp³-hybridized carbons (Fsp3) is 0.286. The molecule has 0 fully saturated rings. The number of nitrogens with one attached hydrogen (secondary N) is 1. The number of hydrogen-bond donors (Lipinski definition) is 1. The van der Waals surface area contributed by atoms with Crippen molar-refractivity contribution in [1.82, 2.24) is 20.3 Å². The molecule has 0 bridgehead atoms. The standard InChI is InChI=1S/C28H31N5O3/c1-19-11-6-8-15-23(19)33(25(34)18-32-24-16-9-7-14-22(24)30-31-32)26(27(35)29-28(2,3)4)20-12-10-13-21(17-20)36-5/h6-17,26H,18H2,1-5H3,(H,29,35)/t26-/m1/s1. The van der Waals surface area contributed by atoms with Crippen molar-refractivity contribution in [1.29, 1.82) is 0 Å². The van der Waals surface area contributed by atoms with E-state index in [2.05, 4.69) is 15.6 Å². The Labute approximate surface area is 210 Å². The molecule has 0 saturated carbocycles. The van der Waals surface area contributed by atoms with Crippen LogP contribution in [0.1, 0.15) is 37.9 Å². The Kier molecular flexibility index (Phi) is 7.05. The molecular formula is C28H31N5O3. The average Bonchev–Trinajstić information content (AvgIpc) is 3.24. The van der Waals surface area contributed by atoms with Gasteiger partial charge in [0.1, 0.15) is 23.9 Å². The van der Waals surface area contributed by atoms with Crippen LogP contribution < -0.4 is 15.0 Å². The molecule has 0 saturated heterocycles. The molecule has 0 aliphatic carbocycles. The van der Waals surface area contributed by atoms with Crippen LogP contribution in [0.25, 0.3) is 11.0 Å². The summed E-state index contributed by atoms with van der Waals surface area (Å²) in [5.41, 5.74) is 3.08. The lowest BCUT2D eigenvalue weighted by Gasteiger charge is -2.34. The van der Waals surface area contributed by atoms with Crippen LogP contribution in [-0.2, 0) is 16.1 Å². The first kappa shape index (κ1) is 24.9. The smallest absolute Gasteiger partial charge is 0.249 e. The summed E-state index contributed by atoms with van der Waals surface area (Å²) in [7, 11) is 1.57. The van der Waals surface area contributed by atoms with Gasteiger partial charge in [0.2, 0.25) is 11.8 Å². The molecule has 1 atom stereocenters. The molecule has 8 nitrogen and oxygen atoms in total. The maximum atomic E-state index is 14.1. The Morgan fingerprint density at radius 1 is 1.03 bits per heavy atom. The van der Waals surface area contributed by atoms with Gasteiger partial charge in [-0.15, -0.1) is 5.10 Å². The molecule has 1 N–H and O–H groups in total.